The molecule has 2 aromatic rings. The molecular weight excluding hydrogens is 589 g/mol. The Morgan fingerprint density at radius 3 is 2.20 bits per heavy atom. The van der Waals surface area contributed by atoms with Crippen molar-refractivity contribution in [2.75, 3.05) is 6.61 Å². The molecule has 0 aromatic heterocycles. The zero-order valence-corrected chi connectivity index (χ0v) is 31.9. The molecule has 4 atom stereocenters. The number of allylic oxidation sites excluding steroid dienone is 1. The van der Waals surface area contributed by atoms with Gasteiger partial charge in [0.2, 0.25) is 18.1 Å². The van der Waals surface area contributed by atoms with Gasteiger partial charge in [0.15, 0.2) is 5.78 Å². The summed E-state index contributed by atoms with van der Waals surface area (Å²) in [5.41, 5.74) is 1.46. The van der Waals surface area contributed by atoms with E-state index in [4.69, 9.17) is 13.6 Å². The molecule has 1 saturated carbocycles. The van der Waals surface area contributed by atoms with Gasteiger partial charge in [0.25, 0.3) is 0 Å². The number of carbonyl (C=O) groups excluding carboxylic acids is 1. The summed E-state index contributed by atoms with van der Waals surface area (Å²) in [7, 11) is -1.79. The quantitative estimate of drug-likeness (QED) is 0.103. The molecule has 0 spiro atoms. The molecule has 2 radical (unpaired) electrons. The third-order valence-corrected chi connectivity index (χ3v) is 10.7. The van der Waals surface area contributed by atoms with E-state index in [9.17, 15) is 4.79 Å². The molecule has 4 nitrogen and oxygen atoms in total. The van der Waals surface area contributed by atoms with Crippen LogP contribution in [0.5, 0.6) is 5.75 Å². The van der Waals surface area contributed by atoms with E-state index in [0.717, 1.165) is 36.3 Å². The normalized spacial score (nSPS) is 21.7. The van der Waals surface area contributed by atoms with E-state index in [-0.39, 0.29) is 28.4 Å². The van der Waals surface area contributed by atoms with Crippen molar-refractivity contribution in [2.24, 2.45) is 28.6 Å². The molecule has 2 aromatic carbocycles. The number of unbranched alkanes of at least 4 members (excludes halogenated alkanes) is 2. The van der Waals surface area contributed by atoms with Crippen molar-refractivity contribution in [1.29, 1.82) is 0 Å². The molecule has 6 heteroatoms. The molecule has 0 amide bonds. The average molecular weight is 649 g/mol. The highest BCUT2D eigenvalue weighted by molar-refractivity contribution is 6.49. The highest BCUT2D eigenvalue weighted by atomic mass is 28.3. The van der Waals surface area contributed by atoms with Gasteiger partial charge >= 0.3 is 0 Å². The summed E-state index contributed by atoms with van der Waals surface area (Å²) >= 11 is 0. The molecule has 0 aliphatic heterocycles. The molecule has 0 heterocycles. The van der Waals surface area contributed by atoms with Crippen LogP contribution in [0.4, 0.5) is 0 Å². The van der Waals surface area contributed by atoms with Crippen LogP contribution in [0.15, 0.2) is 66.7 Å². The molecule has 0 bridgehead atoms. The van der Waals surface area contributed by atoms with Gasteiger partial charge in [0.1, 0.15) is 18.0 Å². The Kier molecular flexibility index (Phi) is 13.9. The van der Waals surface area contributed by atoms with E-state index >= 15 is 0 Å². The van der Waals surface area contributed by atoms with E-state index in [2.05, 4.69) is 104 Å². The van der Waals surface area contributed by atoms with Gasteiger partial charge in [-0.1, -0.05) is 109 Å². The predicted octanol–water partition coefficient (Wildman–Crippen LogP) is 10.1. The van der Waals surface area contributed by atoms with Crippen molar-refractivity contribution < 1.29 is 18.4 Å². The Morgan fingerprint density at radius 2 is 1.58 bits per heavy atom. The fraction of sp³-hybridized carbons (Fsp3) is 0.615. The zero-order valence-electron chi connectivity index (χ0n) is 29.9. The van der Waals surface area contributed by atoms with Gasteiger partial charge in [-0.15, -0.1) is 0 Å². The van der Waals surface area contributed by atoms with Crippen LogP contribution in [-0.2, 0) is 26.7 Å². The lowest BCUT2D eigenvalue weighted by Gasteiger charge is -2.40. The van der Waals surface area contributed by atoms with E-state index in [1.54, 1.807) is 0 Å². The maximum absolute atomic E-state index is 14.3. The SMILES string of the molecule is C[Si](C)OCCCCC[C@@H](C=C[C@@H]1[C@H](C(C)(C)C)CC(=O)[C@]1(Cc1cccc(OCc2ccccc2)c1)O[Si](C)C)C(C)(C)C. The van der Waals surface area contributed by atoms with Crippen LogP contribution in [-0.4, -0.2) is 36.1 Å². The second kappa shape index (κ2) is 16.7. The van der Waals surface area contributed by atoms with Gasteiger partial charge in [-0.25, -0.2) is 0 Å². The van der Waals surface area contributed by atoms with Crippen LogP contribution >= 0.6 is 0 Å². The van der Waals surface area contributed by atoms with Gasteiger partial charge in [-0.05, 0) is 85.0 Å². The van der Waals surface area contributed by atoms with Gasteiger partial charge in [0.05, 0.1) is 0 Å². The Hall–Kier alpha value is -2.00. The van der Waals surface area contributed by atoms with Crippen molar-refractivity contribution in [3.05, 3.63) is 77.9 Å². The second-order valence-electron chi connectivity index (χ2n) is 15.6. The standard InChI is InChI=1S/C39H60O4Si2/c1-37(2,3)32(21-15-12-16-25-42-44(7)8)23-24-34-35(38(4,5)6)27-36(40)39(34,43-45(9)10)28-31-20-17-22-33(26-31)41-29-30-18-13-11-14-19-30/h11,13-14,17-20,22-24,26,32,34-35H,12,15-16,21,25,27-29H2,1-10H3/t32-,34+,35+,39+/m0/s1. The topological polar surface area (TPSA) is 44.8 Å². The van der Waals surface area contributed by atoms with Crippen molar-refractivity contribution in [2.45, 2.75) is 118 Å². The number of carbonyl (C=O) groups is 1. The summed E-state index contributed by atoms with van der Waals surface area (Å²) < 4.78 is 19.0. The van der Waals surface area contributed by atoms with Gasteiger partial charge < -0.3 is 13.6 Å². The molecule has 0 saturated heterocycles. The van der Waals surface area contributed by atoms with Crippen LogP contribution < -0.4 is 4.74 Å². The smallest absolute Gasteiger partial charge is 0.206 e. The molecular formula is C39H60O4Si2. The summed E-state index contributed by atoms with van der Waals surface area (Å²) in [5.74, 6) is 1.71. The molecule has 3 rings (SSSR count). The predicted molar refractivity (Wildman–Crippen MR) is 192 cm³/mol. The maximum atomic E-state index is 14.3. The molecule has 0 N–H and O–H groups in total. The Balaban J connectivity index is 1.90. The first kappa shape index (κ1) is 37.5. The summed E-state index contributed by atoms with van der Waals surface area (Å²) in [6, 6.07) is 18.5. The fourth-order valence-corrected chi connectivity index (χ4v) is 8.27. The fourth-order valence-electron chi connectivity index (χ4n) is 6.67. The Bertz CT molecular complexity index is 1210. The van der Waals surface area contributed by atoms with E-state index in [0.29, 0.717) is 25.4 Å². The van der Waals surface area contributed by atoms with Crippen molar-refractivity contribution in [3.8, 4) is 5.75 Å². The van der Waals surface area contributed by atoms with E-state index < -0.39 is 23.7 Å². The first-order valence-corrected chi connectivity index (χ1v) is 21.8. The van der Waals surface area contributed by atoms with Gasteiger partial charge in [-0.2, -0.15) is 0 Å². The minimum atomic E-state index is -1.17. The lowest BCUT2D eigenvalue weighted by atomic mass is 9.70. The first-order chi connectivity index (χ1) is 21.1. The van der Waals surface area contributed by atoms with E-state index in [1.807, 2.05) is 30.3 Å². The van der Waals surface area contributed by atoms with Crippen molar-refractivity contribution >= 4 is 23.9 Å². The molecule has 0 unspecified atom stereocenters. The van der Waals surface area contributed by atoms with Gasteiger partial charge in [-0.3, -0.25) is 4.79 Å². The minimum absolute atomic E-state index is 0.00622. The van der Waals surface area contributed by atoms with Crippen LogP contribution in [0.25, 0.3) is 0 Å². The molecule has 1 aliphatic rings. The van der Waals surface area contributed by atoms with Crippen molar-refractivity contribution in [3.63, 3.8) is 0 Å². The number of hydrogen-bond acceptors (Lipinski definition) is 4. The second-order valence-corrected chi connectivity index (χ2v) is 19.7. The number of rotatable bonds is 16. The minimum Gasteiger partial charge on any atom is -0.489 e. The van der Waals surface area contributed by atoms with Crippen molar-refractivity contribution in [1.82, 2.24) is 0 Å². The highest BCUT2D eigenvalue weighted by Gasteiger charge is 2.57. The number of ether oxygens (including phenoxy) is 1. The number of ketones is 1. The summed E-state index contributed by atoms with van der Waals surface area (Å²) in [6.07, 6.45) is 10.6. The Morgan fingerprint density at radius 1 is 0.889 bits per heavy atom. The maximum Gasteiger partial charge on any atom is 0.206 e. The third kappa shape index (κ3) is 11.3. The monoisotopic (exact) mass is 648 g/mol. The summed E-state index contributed by atoms with van der Waals surface area (Å²) in [4.78, 5) is 14.3. The van der Waals surface area contributed by atoms with Crippen LogP contribution in [0.1, 0.15) is 84.8 Å². The lowest BCUT2D eigenvalue weighted by molar-refractivity contribution is -0.132. The lowest BCUT2D eigenvalue weighted by Crippen LogP contribution is -2.49. The van der Waals surface area contributed by atoms with Gasteiger partial charge in [0, 0.05) is 25.4 Å². The summed E-state index contributed by atoms with van der Waals surface area (Å²) in [5, 5.41) is 0. The molecule has 1 fully saturated rings. The molecule has 248 valence electrons. The zero-order chi connectivity index (χ0) is 33.3. The van der Waals surface area contributed by atoms with Crippen LogP contribution in [0, 0.1) is 28.6 Å². The summed E-state index contributed by atoms with van der Waals surface area (Å²) in [6.45, 7) is 24.0. The molecule has 45 heavy (non-hydrogen) atoms. The van der Waals surface area contributed by atoms with E-state index in [1.165, 1.54) is 12.8 Å². The van der Waals surface area contributed by atoms with Crippen LogP contribution in [0.3, 0.4) is 0 Å². The average Bonchev–Trinajstić information content (AvgIpc) is 3.21. The first-order valence-electron chi connectivity index (χ1n) is 17.0. The Labute approximate surface area is 278 Å². The number of Topliss-reactive ketones (excluding diaryl/α,β-unsaturated/α-hetero) is 1. The highest BCUT2D eigenvalue weighted by Crippen LogP contribution is 2.51. The molecule has 1 aliphatic carbocycles. The number of benzene rings is 2. The largest absolute Gasteiger partial charge is 0.489 e. The third-order valence-electron chi connectivity index (χ3n) is 9.17. The van der Waals surface area contributed by atoms with Crippen LogP contribution in [0.2, 0.25) is 26.2 Å². The number of hydrogen-bond donors (Lipinski definition) is 0.